The monoisotopic (exact) mass is 278 g/mol. The second kappa shape index (κ2) is 6.38. The van der Waals surface area contributed by atoms with Gasteiger partial charge in [0.1, 0.15) is 12.4 Å². The molecule has 0 unspecified atom stereocenters. The fourth-order valence-corrected chi connectivity index (χ4v) is 2.21. The van der Waals surface area contributed by atoms with Gasteiger partial charge >= 0.3 is 0 Å². The number of rotatable bonds is 5. The maximum atomic E-state index is 11.8. The van der Waals surface area contributed by atoms with Crippen LogP contribution >= 0.6 is 0 Å². The van der Waals surface area contributed by atoms with Crippen LogP contribution in [-0.4, -0.2) is 39.2 Å². The van der Waals surface area contributed by atoms with Crippen LogP contribution < -0.4 is 15.0 Å². The van der Waals surface area contributed by atoms with E-state index in [1.807, 2.05) is 0 Å². The first-order valence-corrected chi connectivity index (χ1v) is 6.43. The molecule has 0 radical (unpaired) electrons. The van der Waals surface area contributed by atoms with Crippen LogP contribution in [0.25, 0.3) is 0 Å². The first-order chi connectivity index (χ1) is 9.65. The Morgan fingerprint density at radius 1 is 1.40 bits per heavy atom. The summed E-state index contributed by atoms with van der Waals surface area (Å²) in [6.45, 7) is 0.694. The summed E-state index contributed by atoms with van der Waals surface area (Å²) in [5.41, 5.74) is 1.35. The number of nitrogens with one attached hydrogen (secondary N) is 1. The molecule has 108 valence electrons. The minimum absolute atomic E-state index is 0.00528. The number of methoxy groups -OCH3 is 2. The zero-order valence-electron chi connectivity index (χ0n) is 11.6. The van der Waals surface area contributed by atoms with Gasteiger partial charge in [-0.15, -0.1) is 0 Å². The van der Waals surface area contributed by atoms with Gasteiger partial charge in [-0.2, -0.15) is 0 Å². The Hall–Kier alpha value is -2.08. The summed E-state index contributed by atoms with van der Waals surface area (Å²) in [6.07, 6.45) is 1.42. The lowest BCUT2D eigenvalue weighted by Crippen LogP contribution is -2.24. The summed E-state index contributed by atoms with van der Waals surface area (Å²) in [7, 11) is 3.00. The SMILES string of the molecule is COCC(=O)Nc1ccc(N2CCCC2=O)c(OC)c1. The van der Waals surface area contributed by atoms with Crippen molar-refractivity contribution >= 4 is 23.2 Å². The molecule has 0 saturated carbocycles. The highest BCUT2D eigenvalue weighted by atomic mass is 16.5. The molecule has 1 aliphatic rings. The maximum absolute atomic E-state index is 11.8. The smallest absolute Gasteiger partial charge is 0.250 e. The fraction of sp³-hybridized carbons (Fsp3) is 0.429. The molecule has 2 amide bonds. The van der Waals surface area contributed by atoms with Gasteiger partial charge in [-0.3, -0.25) is 9.59 Å². The Bertz CT molecular complexity index is 516. The van der Waals surface area contributed by atoms with Crippen molar-refractivity contribution in [3.8, 4) is 5.75 Å². The molecule has 1 fully saturated rings. The van der Waals surface area contributed by atoms with E-state index in [2.05, 4.69) is 5.32 Å². The summed E-state index contributed by atoms with van der Waals surface area (Å²) in [6, 6.07) is 5.23. The van der Waals surface area contributed by atoms with Crippen molar-refractivity contribution in [2.75, 3.05) is 37.6 Å². The average Bonchev–Trinajstić information content (AvgIpc) is 2.85. The molecule has 1 aliphatic heterocycles. The van der Waals surface area contributed by atoms with Crippen LogP contribution in [0.2, 0.25) is 0 Å². The number of nitrogens with zero attached hydrogens (tertiary/aromatic N) is 1. The topological polar surface area (TPSA) is 67.9 Å². The van der Waals surface area contributed by atoms with E-state index >= 15 is 0 Å². The summed E-state index contributed by atoms with van der Waals surface area (Å²) < 4.78 is 10.1. The normalized spacial score (nSPS) is 14.5. The van der Waals surface area contributed by atoms with E-state index in [0.29, 0.717) is 24.4 Å². The molecule has 1 heterocycles. The Morgan fingerprint density at radius 3 is 2.80 bits per heavy atom. The predicted octanol–water partition coefficient (Wildman–Crippen LogP) is 1.41. The molecule has 1 aromatic rings. The lowest BCUT2D eigenvalue weighted by Gasteiger charge is -2.19. The molecule has 6 nitrogen and oxygen atoms in total. The second-order valence-corrected chi connectivity index (χ2v) is 4.52. The summed E-state index contributed by atoms with van der Waals surface area (Å²) in [5.74, 6) is 0.425. The third kappa shape index (κ3) is 3.08. The lowest BCUT2D eigenvalue weighted by molar-refractivity contribution is -0.119. The third-order valence-corrected chi connectivity index (χ3v) is 3.10. The molecule has 2 rings (SSSR count). The quantitative estimate of drug-likeness (QED) is 0.884. The Labute approximate surface area is 117 Å². The van der Waals surface area contributed by atoms with Gasteiger partial charge in [-0.05, 0) is 18.6 Å². The second-order valence-electron chi connectivity index (χ2n) is 4.52. The number of carbonyl (C=O) groups excluding carboxylic acids is 2. The van der Waals surface area contributed by atoms with Gasteiger partial charge in [-0.1, -0.05) is 0 Å². The van der Waals surface area contributed by atoms with E-state index in [4.69, 9.17) is 9.47 Å². The Kier molecular flexibility index (Phi) is 4.57. The predicted molar refractivity (Wildman–Crippen MR) is 75.1 cm³/mol. The number of hydrogen-bond donors (Lipinski definition) is 1. The van der Waals surface area contributed by atoms with Gasteiger partial charge < -0.3 is 19.7 Å². The van der Waals surface area contributed by atoms with Crippen molar-refractivity contribution < 1.29 is 19.1 Å². The van der Waals surface area contributed by atoms with Crippen molar-refractivity contribution in [3.63, 3.8) is 0 Å². The highest BCUT2D eigenvalue weighted by Gasteiger charge is 2.24. The standard InChI is InChI=1S/C14H18N2O4/c1-19-9-13(17)15-10-5-6-11(12(8-10)20-2)16-7-3-4-14(16)18/h5-6,8H,3-4,7,9H2,1-2H3,(H,15,17). The van der Waals surface area contributed by atoms with Gasteiger partial charge in [0.15, 0.2) is 0 Å². The number of benzene rings is 1. The molecule has 1 N–H and O–H groups in total. The van der Waals surface area contributed by atoms with Crippen LogP contribution in [0, 0.1) is 0 Å². The number of anilines is 2. The van der Waals surface area contributed by atoms with Gasteiger partial charge in [0, 0.05) is 31.8 Å². The maximum Gasteiger partial charge on any atom is 0.250 e. The van der Waals surface area contributed by atoms with Gasteiger partial charge in [0.05, 0.1) is 12.8 Å². The zero-order chi connectivity index (χ0) is 14.5. The first kappa shape index (κ1) is 14.3. The molecular weight excluding hydrogens is 260 g/mol. The van der Waals surface area contributed by atoms with E-state index in [0.717, 1.165) is 12.1 Å². The Morgan fingerprint density at radius 2 is 2.20 bits per heavy atom. The highest BCUT2D eigenvalue weighted by molar-refractivity contribution is 5.98. The number of amides is 2. The molecule has 0 aromatic heterocycles. The van der Waals surface area contributed by atoms with E-state index in [9.17, 15) is 9.59 Å². The first-order valence-electron chi connectivity index (χ1n) is 6.43. The van der Waals surface area contributed by atoms with Crippen molar-refractivity contribution in [1.29, 1.82) is 0 Å². The average molecular weight is 278 g/mol. The molecule has 1 aromatic carbocycles. The van der Waals surface area contributed by atoms with E-state index < -0.39 is 0 Å². The summed E-state index contributed by atoms with van der Waals surface area (Å²) >= 11 is 0. The molecule has 1 saturated heterocycles. The van der Waals surface area contributed by atoms with Crippen LogP contribution in [0.1, 0.15) is 12.8 Å². The molecule has 0 spiro atoms. The van der Waals surface area contributed by atoms with E-state index in [1.165, 1.54) is 7.11 Å². The van der Waals surface area contributed by atoms with Crippen LogP contribution in [0.3, 0.4) is 0 Å². The number of ether oxygens (including phenoxy) is 2. The number of carbonyl (C=O) groups is 2. The molecule has 20 heavy (non-hydrogen) atoms. The van der Waals surface area contributed by atoms with Crippen LogP contribution in [0.15, 0.2) is 18.2 Å². The number of hydrogen-bond acceptors (Lipinski definition) is 4. The molecular formula is C14H18N2O4. The van der Waals surface area contributed by atoms with Crippen LogP contribution in [0.5, 0.6) is 5.75 Å². The highest BCUT2D eigenvalue weighted by Crippen LogP contribution is 2.33. The minimum Gasteiger partial charge on any atom is -0.494 e. The summed E-state index contributed by atoms with van der Waals surface area (Å²) in [5, 5.41) is 2.70. The zero-order valence-corrected chi connectivity index (χ0v) is 11.6. The van der Waals surface area contributed by atoms with E-state index in [-0.39, 0.29) is 18.4 Å². The molecule has 0 bridgehead atoms. The summed E-state index contributed by atoms with van der Waals surface area (Å²) in [4.78, 5) is 24.9. The van der Waals surface area contributed by atoms with Crippen molar-refractivity contribution in [3.05, 3.63) is 18.2 Å². The van der Waals surface area contributed by atoms with E-state index in [1.54, 1.807) is 30.2 Å². The largest absolute Gasteiger partial charge is 0.494 e. The van der Waals surface area contributed by atoms with Gasteiger partial charge in [-0.25, -0.2) is 0 Å². The van der Waals surface area contributed by atoms with Crippen molar-refractivity contribution in [2.45, 2.75) is 12.8 Å². The lowest BCUT2D eigenvalue weighted by atomic mass is 10.2. The molecule has 6 heteroatoms. The minimum atomic E-state index is -0.237. The molecule has 0 aliphatic carbocycles. The Balaban J connectivity index is 2.19. The van der Waals surface area contributed by atoms with Gasteiger partial charge in [0.2, 0.25) is 11.8 Å². The van der Waals surface area contributed by atoms with Gasteiger partial charge in [0.25, 0.3) is 0 Å². The van der Waals surface area contributed by atoms with Crippen LogP contribution in [0.4, 0.5) is 11.4 Å². The molecule has 0 atom stereocenters. The fourth-order valence-electron chi connectivity index (χ4n) is 2.21. The van der Waals surface area contributed by atoms with Crippen LogP contribution in [-0.2, 0) is 14.3 Å². The van der Waals surface area contributed by atoms with Crippen molar-refractivity contribution in [2.24, 2.45) is 0 Å². The van der Waals surface area contributed by atoms with Crippen molar-refractivity contribution in [1.82, 2.24) is 0 Å². The third-order valence-electron chi connectivity index (χ3n) is 3.10.